The molecule has 0 amide bonds. The number of benzene rings is 1. The Bertz CT molecular complexity index is 730. The highest BCUT2D eigenvalue weighted by Crippen LogP contribution is 2.46. The van der Waals surface area contributed by atoms with Crippen LogP contribution in [0.3, 0.4) is 0 Å². The van der Waals surface area contributed by atoms with Gasteiger partial charge in [0, 0.05) is 42.5 Å². The molecule has 134 valence electrons. The Labute approximate surface area is 148 Å². The Morgan fingerprint density at radius 2 is 1.96 bits per heavy atom. The Morgan fingerprint density at radius 1 is 1.24 bits per heavy atom. The number of aliphatic hydroxyl groups is 1. The summed E-state index contributed by atoms with van der Waals surface area (Å²) in [7, 11) is 0. The molecule has 2 fully saturated rings. The summed E-state index contributed by atoms with van der Waals surface area (Å²) in [4.78, 5) is 2.49. The molecule has 1 aromatic heterocycles. The normalized spacial score (nSPS) is 29.2. The van der Waals surface area contributed by atoms with Gasteiger partial charge in [0.25, 0.3) is 0 Å². The van der Waals surface area contributed by atoms with Gasteiger partial charge in [0.15, 0.2) is 0 Å². The van der Waals surface area contributed by atoms with Crippen LogP contribution in [0.4, 0.5) is 4.39 Å². The molecule has 4 rings (SSSR count). The van der Waals surface area contributed by atoms with Gasteiger partial charge in [-0.1, -0.05) is 25.1 Å². The number of aryl methyl sites for hydroxylation is 1. The molecule has 0 spiro atoms. The average molecular weight is 343 g/mol. The summed E-state index contributed by atoms with van der Waals surface area (Å²) in [5, 5.41) is 15.6. The summed E-state index contributed by atoms with van der Waals surface area (Å²) in [5.74, 6) is -0.293. The predicted octanol–water partition coefficient (Wildman–Crippen LogP) is 3.45. The van der Waals surface area contributed by atoms with Crippen LogP contribution in [0, 0.1) is 5.82 Å². The van der Waals surface area contributed by atoms with E-state index in [4.69, 9.17) is 0 Å². The molecular weight excluding hydrogens is 317 g/mol. The van der Waals surface area contributed by atoms with Crippen LogP contribution in [0.5, 0.6) is 0 Å². The summed E-state index contributed by atoms with van der Waals surface area (Å²) in [6, 6.07) is 7.28. The first-order chi connectivity index (χ1) is 12.1. The van der Waals surface area contributed by atoms with Crippen LogP contribution in [0.15, 0.2) is 36.7 Å². The van der Waals surface area contributed by atoms with Crippen molar-refractivity contribution in [3.63, 3.8) is 0 Å². The Kier molecular flexibility index (Phi) is 4.38. The van der Waals surface area contributed by atoms with Gasteiger partial charge in [0.2, 0.25) is 0 Å². The Balaban J connectivity index is 1.51. The second-order valence-corrected chi connectivity index (χ2v) is 7.59. The van der Waals surface area contributed by atoms with E-state index in [9.17, 15) is 9.50 Å². The van der Waals surface area contributed by atoms with Crippen LogP contribution in [0.1, 0.15) is 50.2 Å². The molecule has 4 nitrogen and oxygen atoms in total. The minimum atomic E-state index is -1.04. The molecule has 1 N–H and O–H groups in total. The molecular formula is C20H26FN3O. The zero-order valence-electron chi connectivity index (χ0n) is 14.7. The number of rotatable bonds is 5. The fraction of sp³-hybridized carbons (Fsp3) is 0.550. The number of piperidine rings is 1. The maximum atomic E-state index is 14.2. The molecule has 0 radical (unpaired) electrons. The minimum absolute atomic E-state index is 0.293. The Morgan fingerprint density at radius 3 is 2.64 bits per heavy atom. The summed E-state index contributed by atoms with van der Waals surface area (Å²) >= 11 is 0. The van der Waals surface area contributed by atoms with Crippen LogP contribution >= 0.6 is 0 Å². The van der Waals surface area contributed by atoms with E-state index in [0.29, 0.717) is 30.5 Å². The van der Waals surface area contributed by atoms with E-state index in [1.807, 2.05) is 16.9 Å². The summed E-state index contributed by atoms with van der Waals surface area (Å²) in [6.45, 7) is 3.96. The third-order valence-corrected chi connectivity index (χ3v) is 5.80. The lowest BCUT2D eigenvalue weighted by Gasteiger charge is -2.44. The second kappa shape index (κ2) is 6.54. The van der Waals surface area contributed by atoms with Crippen LogP contribution in [-0.2, 0) is 18.7 Å². The van der Waals surface area contributed by atoms with E-state index in [1.165, 1.54) is 11.6 Å². The Hall–Kier alpha value is -1.72. The molecule has 3 heterocycles. The number of fused-ring (bicyclic) bond motifs is 2. The van der Waals surface area contributed by atoms with Gasteiger partial charge in [-0.15, -0.1) is 0 Å². The van der Waals surface area contributed by atoms with E-state index in [1.54, 1.807) is 12.1 Å². The predicted molar refractivity (Wildman–Crippen MR) is 94.4 cm³/mol. The fourth-order valence-electron chi connectivity index (χ4n) is 4.68. The van der Waals surface area contributed by atoms with E-state index in [-0.39, 0.29) is 5.82 Å². The van der Waals surface area contributed by atoms with Crippen LogP contribution in [0.2, 0.25) is 0 Å². The number of halogens is 1. The van der Waals surface area contributed by atoms with E-state index in [2.05, 4.69) is 23.1 Å². The first kappa shape index (κ1) is 16.7. The van der Waals surface area contributed by atoms with Crippen molar-refractivity contribution in [1.29, 1.82) is 0 Å². The minimum Gasteiger partial charge on any atom is -0.385 e. The van der Waals surface area contributed by atoms with Crippen molar-refractivity contribution in [1.82, 2.24) is 14.7 Å². The van der Waals surface area contributed by atoms with Gasteiger partial charge in [0.05, 0.1) is 11.8 Å². The third kappa shape index (κ3) is 3.11. The molecule has 2 aromatic rings. The lowest BCUT2D eigenvalue weighted by atomic mass is 9.80. The lowest BCUT2D eigenvalue weighted by Crippen LogP contribution is -2.49. The quantitative estimate of drug-likeness (QED) is 0.904. The van der Waals surface area contributed by atoms with E-state index in [0.717, 1.165) is 32.4 Å². The van der Waals surface area contributed by atoms with Gasteiger partial charge in [-0.3, -0.25) is 9.58 Å². The highest BCUT2D eigenvalue weighted by molar-refractivity contribution is 5.27. The average Bonchev–Trinajstić information content (AvgIpc) is 3.12. The summed E-state index contributed by atoms with van der Waals surface area (Å²) < 4.78 is 16.2. The van der Waals surface area contributed by atoms with Gasteiger partial charge >= 0.3 is 0 Å². The van der Waals surface area contributed by atoms with Crippen molar-refractivity contribution in [3.8, 4) is 0 Å². The maximum absolute atomic E-state index is 14.2. The molecule has 0 saturated carbocycles. The number of hydrogen-bond acceptors (Lipinski definition) is 3. The maximum Gasteiger partial charge on any atom is 0.129 e. The zero-order valence-corrected chi connectivity index (χ0v) is 14.7. The molecule has 2 aliphatic heterocycles. The first-order valence-corrected chi connectivity index (χ1v) is 9.33. The molecule has 2 aliphatic rings. The molecule has 2 unspecified atom stereocenters. The smallest absolute Gasteiger partial charge is 0.129 e. The highest BCUT2D eigenvalue weighted by atomic mass is 19.1. The fourth-order valence-corrected chi connectivity index (χ4v) is 4.68. The lowest BCUT2D eigenvalue weighted by molar-refractivity contribution is -0.0615. The topological polar surface area (TPSA) is 41.3 Å². The molecule has 2 atom stereocenters. The van der Waals surface area contributed by atoms with Gasteiger partial charge in [-0.2, -0.15) is 5.10 Å². The second-order valence-electron chi connectivity index (χ2n) is 7.59. The number of hydrogen-bond donors (Lipinski definition) is 1. The highest BCUT2D eigenvalue weighted by Gasteiger charge is 2.48. The van der Waals surface area contributed by atoms with E-state index < -0.39 is 5.60 Å². The van der Waals surface area contributed by atoms with Crippen molar-refractivity contribution in [2.75, 3.05) is 0 Å². The third-order valence-electron chi connectivity index (χ3n) is 5.80. The van der Waals surface area contributed by atoms with Crippen LogP contribution in [-0.4, -0.2) is 31.9 Å². The molecule has 0 aliphatic carbocycles. The van der Waals surface area contributed by atoms with Crippen molar-refractivity contribution in [3.05, 3.63) is 53.6 Å². The number of aromatic nitrogens is 2. The summed E-state index contributed by atoms with van der Waals surface area (Å²) in [5.41, 5.74) is 0.643. The molecule has 25 heavy (non-hydrogen) atoms. The van der Waals surface area contributed by atoms with Gasteiger partial charge in [-0.05, 0) is 38.2 Å². The van der Waals surface area contributed by atoms with Gasteiger partial charge in [0.1, 0.15) is 5.82 Å². The van der Waals surface area contributed by atoms with Crippen molar-refractivity contribution in [2.24, 2.45) is 0 Å². The molecule has 2 bridgehead atoms. The van der Waals surface area contributed by atoms with Gasteiger partial charge < -0.3 is 5.11 Å². The van der Waals surface area contributed by atoms with E-state index >= 15 is 0 Å². The SMILES string of the molecule is CCCn1cc(CN2C3CCC2CC(O)(c2ccccc2F)C3)cn1. The van der Waals surface area contributed by atoms with Crippen LogP contribution < -0.4 is 0 Å². The largest absolute Gasteiger partial charge is 0.385 e. The van der Waals surface area contributed by atoms with Crippen LogP contribution in [0.25, 0.3) is 0 Å². The number of nitrogens with zero attached hydrogens (tertiary/aromatic N) is 3. The molecule has 1 aromatic carbocycles. The van der Waals surface area contributed by atoms with Crippen molar-refractivity contribution < 1.29 is 9.50 Å². The zero-order chi connectivity index (χ0) is 17.4. The van der Waals surface area contributed by atoms with Crippen molar-refractivity contribution >= 4 is 0 Å². The molecule has 5 heteroatoms. The van der Waals surface area contributed by atoms with Gasteiger partial charge in [-0.25, -0.2) is 4.39 Å². The molecule has 2 saturated heterocycles. The first-order valence-electron chi connectivity index (χ1n) is 9.33. The monoisotopic (exact) mass is 343 g/mol. The summed E-state index contributed by atoms with van der Waals surface area (Å²) in [6.07, 6.45) is 8.51. The van der Waals surface area contributed by atoms with Crippen molar-refractivity contribution in [2.45, 2.75) is 69.8 Å². The standard InChI is InChI=1S/C20H26FN3O/c1-2-9-23-13-15(12-22-23)14-24-16-7-8-17(24)11-20(25,10-16)18-5-3-4-6-19(18)21/h3-6,12-13,16-17,25H,2,7-11,14H2,1H3.